The van der Waals surface area contributed by atoms with Gasteiger partial charge in [0.25, 0.3) is 0 Å². The second-order valence-corrected chi connectivity index (χ2v) is 8.37. The lowest BCUT2D eigenvalue weighted by Gasteiger charge is -2.39. The number of aromatic hydroxyl groups is 3. The minimum absolute atomic E-state index is 0.0242. The van der Waals surface area contributed by atoms with Crippen molar-refractivity contribution in [1.82, 2.24) is 0 Å². The Morgan fingerprint density at radius 3 is 2.40 bits per heavy atom. The fourth-order valence-corrected chi connectivity index (χ4v) is 4.12. The van der Waals surface area contributed by atoms with Gasteiger partial charge in [-0.3, -0.25) is 4.79 Å². The van der Waals surface area contributed by atoms with Gasteiger partial charge in [-0.05, 0) is 12.1 Å². The normalized spacial score (nSPS) is 30.1. The van der Waals surface area contributed by atoms with Crippen LogP contribution in [0.1, 0.15) is 24.2 Å². The fraction of sp³-hybridized carbons (Fsp3) is 0.435. The molecule has 190 valence electrons. The monoisotopic (exact) mass is 494 g/mol. The van der Waals surface area contributed by atoms with Crippen molar-refractivity contribution in [1.29, 1.82) is 0 Å². The van der Waals surface area contributed by atoms with Gasteiger partial charge in [0, 0.05) is 36.6 Å². The molecule has 0 amide bonds. The van der Waals surface area contributed by atoms with Crippen molar-refractivity contribution in [3.63, 3.8) is 0 Å². The second-order valence-electron chi connectivity index (χ2n) is 8.37. The molecule has 7 N–H and O–H groups in total. The average molecular weight is 494 g/mol. The van der Waals surface area contributed by atoms with Crippen LogP contribution in [0.4, 0.5) is 0 Å². The molecule has 2 aliphatic heterocycles. The van der Waals surface area contributed by atoms with Crippen molar-refractivity contribution in [3.05, 3.63) is 41.5 Å². The van der Waals surface area contributed by atoms with E-state index < -0.39 is 61.2 Å². The molecular formula is C23H26O12. The highest BCUT2D eigenvalue weighted by atomic mass is 16.7. The molecule has 0 saturated carbocycles. The Morgan fingerprint density at radius 1 is 1.00 bits per heavy atom. The van der Waals surface area contributed by atoms with Crippen LogP contribution >= 0.6 is 0 Å². The highest BCUT2D eigenvalue weighted by Gasteiger charge is 2.45. The van der Waals surface area contributed by atoms with E-state index in [2.05, 4.69) is 0 Å². The van der Waals surface area contributed by atoms with Crippen LogP contribution in [0.25, 0.3) is 0 Å². The molecule has 7 atom stereocenters. The van der Waals surface area contributed by atoms with Crippen LogP contribution in [0, 0.1) is 0 Å². The Bertz CT molecular complexity index is 1090. The summed E-state index contributed by atoms with van der Waals surface area (Å²) in [6.07, 6.45) is -9.27. The summed E-state index contributed by atoms with van der Waals surface area (Å²) >= 11 is 0. The van der Waals surface area contributed by atoms with Crippen LogP contribution in [-0.2, 0) is 20.7 Å². The number of carbonyl (C=O) groups is 1. The molecule has 0 radical (unpaired) electrons. The Labute approximate surface area is 199 Å². The molecule has 0 aliphatic carbocycles. The molecule has 0 spiro atoms. The molecule has 35 heavy (non-hydrogen) atoms. The average Bonchev–Trinajstić information content (AvgIpc) is 2.81. The molecule has 2 heterocycles. The van der Waals surface area contributed by atoms with Gasteiger partial charge in [-0.15, -0.1) is 0 Å². The summed E-state index contributed by atoms with van der Waals surface area (Å²) in [6.45, 7) is 0.584. The molecule has 0 unspecified atom stereocenters. The van der Waals surface area contributed by atoms with Gasteiger partial charge < -0.3 is 54.7 Å². The van der Waals surface area contributed by atoms with E-state index in [-0.39, 0.29) is 29.4 Å². The molecule has 0 aromatic heterocycles. The van der Waals surface area contributed by atoms with Crippen LogP contribution in [0.15, 0.2) is 30.3 Å². The summed E-state index contributed by atoms with van der Waals surface area (Å²) in [7, 11) is 0. The lowest BCUT2D eigenvalue weighted by molar-refractivity contribution is -0.277. The van der Waals surface area contributed by atoms with E-state index in [1.165, 1.54) is 37.3 Å². The number of esters is 1. The standard InChI is InChI=1S/C23H26O12/c1-9(25)32-17-7-12-14(27)5-11(33-23-21(31)20(30)19(29)18(8-24)35-23)6-16(12)34-22(17)10-2-3-13(26)15(28)4-10/h2-6,17-24,26-31H,7-8H2,1H3/t17-,18-,19-,20+,21-,22-,23-/m1/s1. The molecule has 2 aromatic carbocycles. The molecule has 1 fully saturated rings. The van der Waals surface area contributed by atoms with E-state index in [9.17, 15) is 40.5 Å². The maximum atomic E-state index is 11.7. The molecule has 1 saturated heterocycles. The van der Waals surface area contributed by atoms with Crippen LogP contribution < -0.4 is 9.47 Å². The van der Waals surface area contributed by atoms with Crippen LogP contribution in [0.2, 0.25) is 0 Å². The number of aliphatic hydroxyl groups is 4. The highest BCUT2D eigenvalue weighted by molar-refractivity contribution is 5.66. The summed E-state index contributed by atoms with van der Waals surface area (Å²) in [5.41, 5.74) is 0.689. The van der Waals surface area contributed by atoms with Gasteiger partial charge in [0.15, 0.2) is 17.6 Å². The largest absolute Gasteiger partial charge is 0.507 e. The highest BCUT2D eigenvalue weighted by Crippen LogP contribution is 2.44. The molecule has 0 bridgehead atoms. The quantitative estimate of drug-likeness (QED) is 0.210. The topological polar surface area (TPSA) is 196 Å². The molecule has 12 nitrogen and oxygen atoms in total. The lowest BCUT2D eigenvalue weighted by Crippen LogP contribution is -2.60. The van der Waals surface area contributed by atoms with Gasteiger partial charge in [-0.1, -0.05) is 6.07 Å². The lowest BCUT2D eigenvalue weighted by atomic mass is 9.93. The van der Waals surface area contributed by atoms with E-state index >= 15 is 0 Å². The first kappa shape index (κ1) is 24.8. The van der Waals surface area contributed by atoms with Crippen LogP contribution in [0.5, 0.6) is 28.7 Å². The van der Waals surface area contributed by atoms with E-state index in [1.54, 1.807) is 0 Å². The van der Waals surface area contributed by atoms with Gasteiger partial charge in [-0.2, -0.15) is 0 Å². The summed E-state index contributed by atoms with van der Waals surface area (Å²) in [4.78, 5) is 11.7. The third-order valence-electron chi connectivity index (χ3n) is 5.90. The minimum atomic E-state index is -1.66. The molecule has 12 heteroatoms. The summed E-state index contributed by atoms with van der Waals surface area (Å²) in [6, 6.07) is 6.59. The van der Waals surface area contributed by atoms with Crippen molar-refractivity contribution in [2.45, 2.75) is 56.3 Å². The summed E-state index contributed by atoms with van der Waals surface area (Å²) in [5.74, 6) is -1.49. The maximum Gasteiger partial charge on any atom is 0.303 e. The molecule has 2 aliphatic rings. The molecule has 4 rings (SSSR count). The van der Waals surface area contributed by atoms with E-state index in [4.69, 9.17) is 18.9 Å². The summed E-state index contributed by atoms with van der Waals surface area (Å²) in [5, 5.41) is 69.6. The SMILES string of the molecule is CC(=O)O[C@@H]1Cc2c(O)cc(O[C@@H]3O[C@H](CO)[C@@H](O)[C@H](O)[C@H]3O)cc2O[C@@H]1c1ccc(O)c(O)c1. The number of carbonyl (C=O) groups excluding carboxylic acids is 1. The Kier molecular flexibility index (Phi) is 6.92. The molecule has 2 aromatic rings. The van der Waals surface area contributed by atoms with Crippen molar-refractivity contribution >= 4 is 5.97 Å². The van der Waals surface area contributed by atoms with Gasteiger partial charge in [0.2, 0.25) is 6.29 Å². The predicted molar refractivity (Wildman–Crippen MR) is 115 cm³/mol. The first-order valence-electron chi connectivity index (χ1n) is 10.8. The first-order valence-corrected chi connectivity index (χ1v) is 10.8. The Hall–Kier alpha value is -3.29. The number of ether oxygens (including phenoxy) is 4. The van der Waals surface area contributed by atoms with E-state index in [1.807, 2.05) is 0 Å². The Balaban J connectivity index is 1.64. The number of hydrogen-bond donors (Lipinski definition) is 7. The second kappa shape index (κ2) is 9.76. The predicted octanol–water partition coefficient (Wildman–Crippen LogP) is -0.410. The number of rotatable bonds is 5. The number of phenolic OH excluding ortho intramolecular Hbond substituents is 3. The third-order valence-corrected chi connectivity index (χ3v) is 5.90. The van der Waals surface area contributed by atoms with E-state index in [0.29, 0.717) is 11.1 Å². The Morgan fingerprint density at radius 2 is 1.74 bits per heavy atom. The van der Waals surface area contributed by atoms with E-state index in [0.717, 1.165) is 0 Å². The zero-order valence-corrected chi connectivity index (χ0v) is 18.5. The van der Waals surface area contributed by atoms with Gasteiger partial charge in [-0.25, -0.2) is 0 Å². The van der Waals surface area contributed by atoms with Crippen molar-refractivity contribution < 1.29 is 59.5 Å². The number of benzene rings is 2. The van der Waals surface area contributed by atoms with Crippen molar-refractivity contribution in [2.75, 3.05) is 6.61 Å². The minimum Gasteiger partial charge on any atom is -0.507 e. The van der Waals surface area contributed by atoms with Gasteiger partial charge >= 0.3 is 5.97 Å². The number of aliphatic hydroxyl groups excluding tert-OH is 4. The first-order chi connectivity index (χ1) is 16.6. The molecular weight excluding hydrogens is 468 g/mol. The van der Waals surface area contributed by atoms with Crippen molar-refractivity contribution in [2.24, 2.45) is 0 Å². The zero-order valence-electron chi connectivity index (χ0n) is 18.5. The van der Waals surface area contributed by atoms with Gasteiger partial charge in [0.1, 0.15) is 47.8 Å². The zero-order chi connectivity index (χ0) is 25.4. The fourth-order valence-electron chi connectivity index (χ4n) is 4.12. The van der Waals surface area contributed by atoms with Gasteiger partial charge in [0.05, 0.1) is 6.61 Å². The smallest absolute Gasteiger partial charge is 0.303 e. The van der Waals surface area contributed by atoms with Crippen LogP contribution in [-0.4, -0.2) is 85.1 Å². The number of hydrogen-bond acceptors (Lipinski definition) is 12. The number of fused-ring (bicyclic) bond motifs is 1. The van der Waals surface area contributed by atoms with Crippen molar-refractivity contribution in [3.8, 4) is 28.7 Å². The third kappa shape index (κ3) is 4.92. The summed E-state index contributed by atoms with van der Waals surface area (Å²) < 4.78 is 22.3. The number of phenols is 3. The maximum absolute atomic E-state index is 11.7. The van der Waals surface area contributed by atoms with Crippen LogP contribution in [0.3, 0.4) is 0 Å².